The second kappa shape index (κ2) is 9.63. The average molecular weight is 537 g/mol. The van der Waals surface area contributed by atoms with Gasteiger partial charge in [0, 0.05) is 42.0 Å². The summed E-state index contributed by atoms with van der Waals surface area (Å²) in [6.45, 7) is 1.62. The fourth-order valence-electron chi connectivity index (χ4n) is 5.35. The molecule has 0 aliphatic rings. The summed E-state index contributed by atoms with van der Waals surface area (Å²) in [5, 5.41) is 1.59. The van der Waals surface area contributed by atoms with Crippen LogP contribution in [0, 0.1) is 0 Å². The van der Waals surface area contributed by atoms with Crippen LogP contribution in [-0.2, 0) is 17.1 Å². The Balaban J connectivity index is 1.66. The minimum Gasteiger partial charge on any atom is -0.345 e. The monoisotopic (exact) mass is 536 g/mol. The van der Waals surface area contributed by atoms with Gasteiger partial charge in [0.1, 0.15) is 5.52 Å². The topological polar surface area (TPSA) is 88.9 Å². The summed E-state index contributed by atoms with van der Waals surface area (Å²) in [6.07, 6.45) is 5.56. The number of benzene rings is 3. The van der Waals surface area contributed by atoms with Gasteiger partial charge in [0.25, 0.3) is 5.56 Å². The molecular weight excluding hydrogens is 508 g/mol. The van der Waals surface area contributed by atoms with Crippen molar-refractivity contribution in [2.75, 3.05) is 10.5 Å². The van der Waals surface area contributed by atoms with Crippen LogP contribution < -0.4 is 10.3 Å². The number of sulfonamides is 1. The van der Waals surface area contributed by atoms with Crippen LogP contribution >= 0.6 is 0 Å². The molecule has 2 N–H and O–H groups in total. The van der Waals surface area contributed by atoms with Gasteiger partial charge in [-0.25, -0.2) is 8.42 Å². The zero-order valence-corrected chi connectivity index (χ0v) is 22.4. The third-order valence-electron chi connectivity index (χ3n) is 7.20. The maximum Gasteiger partial charge on any atom is 0.272 e. The Kier molecular flexibility index (Phi) is 6.12. The zero-order valence-electron chi connectivity index (χ0n) is 21.6. The van der Waals surface area contributed by atoms with Gasteiger partial charge < -0.3 is 14.1 Å². The Labute approximate surface area is 226 Å². The molecule has 0 radical (unpaired) electrons. The van der Waals surface area contributed by atoms with Gasteiger partial charge >= 0.3 is 0 Å². The molecule has 0 amide bonds. The molecule has 0 spiro atoms. The Morgan fingerprint density at radius 1 is 0.897 bits per heavy atom. The van der Waals surface area contributed by atoms with Gasteiger partial charge in [0.05, 0.1) is 23.0 Å². The van der Waals surface area contributed by atoms with E-state index in [-0.39, 0.29) is 17.4 Å². The second-order valence-corrected chi connectivity index (χ2v) is 11.6. The smallest absolute Gasteiger partial charge is 0.272 e. The van der Waals surface area contributed by atoms with E-state index in [1.54, 1.807) is 17.7 Å². The molecular formula is C31H28N4O3S. The molecule has 0 atom stereocenters. The molecule has 39 heavy (non-hydrogen) atoms. The maximum atomic E-state index is 12.7. The summed E-state index contributed by atoms with van der Waals surface area (Å²) in [5.74, 6) is -0.0419. The molecule has 0 saturated carbocycles. The van der Waals surface area contributed by atoms with Crippen LogP contribution in [0.2, 0.25) is 0 Å². The van der Waals surface area contributed by atoms with E-state index in [9.17, 15) is 13.2 Å². The van der Waals surface area contributed by atoms with Crippen molar-refractivity contribution in [3.8, 4) is 11.1 Å². The molecule has 0 saturated heterocycles. The number of rotatable bonds is 7. The molecule has 6 aromatic rings. The number of aromatic nitrogens is 3. The first-order chi connectivity index (χ1) is 18.9. The van der Waals surface area contributed by atoms with Crippen LogP contribution in [0.25, 0.3) is 32.9 Å². The lowest BCUT2D eigenvalue weighted by atomic mass is 9.97. The molecule has 0 bridgehead atoms. The van der Waals surface area contributed by atoms with E-state index in [0.717, 1.165) is 38.5 Å². The van der Waals surface area contributed by atoms with Gasteiger partial charge in [0.15, 0.2) is 0 Å². The first-order valence-electron chi connectivity index (χ1n) is 12.8. The number of hydrogen-bond donors (Lipinski definition) is 2. The third kappa shape index (κ3) is 4.42. The molecule has 196 valence electrons. The number of H-pyrrole nitrogens is 1. The van der Waals surface area contributed by atoms with Crippen molar-refractivity contribution in [2.45, 2.75) is 13.0 Å². The molecule has 3 heterocycles. The number of aryl methyl sites for hydroxylation is 1. The van der Waals surface area contributed by atoms with Crippen molar-refractivity contribution < 1.29 is 8.42 Å². The van der Waals surface area contributed by atoms with Crippen molar-refractivity contribution >= 4 is 37.5 Å². The number of hydrogen-bond acceptors (Lipinski definition) is 3. The fourth-order valence-corrected chi connectivity index (χ4v) is 5.99. The largest absolute Gasteiger partial charge is 0.345 e. The second-order valence-electron chi connectivity index (χ2n) is 9.63. The summed E-state index contributed by atoms with van der Waals surface area (Å²) in [5.41, 5.74) is 5.65. The van der Waals surface area contributed by atoms with Gasteiger partial charge in [-0.1, -0.05) is 60.7 Å². The number of pyridine rings is 1. The molecule has 7 nitrogen and oxygen atoms in total. The van der Waals surface area contributed by atoms with Crippen LogP contribution in [-0.4, -0.2) is 28.3 Å². The highest BCUT2D eigenvalue weighted by Crippen LogP contribution is 2.38. The Hall–Kier alpha value is -4.56. The van der Waals surface area contributed by atoms with Gasteiger partial charge in [0.2, 0.25) is 10.0 Å². The average Bonchev–Trinajstić information content (AvgIpc) is 3.52. The van der Waals surface area contributed by atoms with E-state index in [1.165, 1.54) is 0 Å². The van der Waals surface area contributed by atoms with E-state index in [4.69, 9.17) is 0 Å². The highest BCUT2D eigenvalue weighted by Gasteiger charge is 2.22. The molecule has 8 heteroatoms. The first kappa shape index (κ1) is 24.8. The van der Waals surface area contributed by atoms with Crippen molar-refractivity contribution in [1.29, 1.82) is 0 Å². The fraction of sp³-hybridized carbons (Fsp3) is 0.129. The maximum absolute atomic E-state index is 12.7. The Bertz CT molecular complexity index is 1930. The summed E-state index contributed by atoms with van der Waals surface area (Å²) >= 11 is 0. The van der Waals surface area contributed by atoms with Crippen LogP contribution in [0.4, 0.5) is 5.69 Å². The summed E-state index contributed by atoms with van der Waals surface area (Å²) < 4.78 is 32.3. The lowest BCUT2D eigenvalue weighted by Crippen LogP contribution is -2.15. The molecule has 0 aliphatic carbocycles. The Morgan fingerprint density at radius 3 is 2.21 bits per heavy atom. The molecule has 0 aliphatic heterocycles. The van der Waals surface area contributed by atoms with Crippen molar-refractivity contribution in [3.05, 3.63) is 125 Å². The molecule has 3 aromatic carbocycles. The SMILES string of the molecule is CCS(=O)(=O)Nc1cc(-c2cn(C)c3c(=O)[nH]ccc23)cc2c1ccn2C(c1ccccc1)c1ccccc1. The lowest BCUT2D eigenvalue weighted by molar-refractivity contribution is 0.602. The van der Waals surface area contributed by atoms with Crippen molar-refractivity contribution in [3.63, 3.8) is 0 Å². The zero-order chi connectivity index (χ0) is 27.1. The Morgan fingerprint density at radius 2 is 1.56 bits per heavy atom. The van der Waals surface area contributed by atoms with Crippen LogP contribution in [0.3, 0.4) is 0 Å². The molecule has 3 aromatic heterocycles. The van der Waals surface area contributed by atoms with Crippen LogP contribution in [0.5, 0.6) is 0 Å². The van der Waals surface area contributed by atoms with E-state index in [0.29, 0.717) is 11.2 Å². The number of nitrogens with zero attached hydrogens (tertiary/aromatic N) is 2. The van der Waals surface area contributed by atoms with E-state index >= 15 is 0 Å². The van der Waals surface area contributed by atoms with E-state index in [2.05, 4.69) is 44.6 Å². The minimum absolute atomic E-state index is 0.0419. The van der Waals surface area contributed by atoms with Gasteiger partial charge in [-0.15, -0.1) is 0 Å². The predicted molar refractivity (Wildman–Crippen MR) is 158 cm³/mol. The van der Waals surface area contributed by atoms with Gasteiger partial charge in [-0.3, -0.25) is 9.52 Å². The van der Waals surface area contributed by atoms with E-state index < -0.39 is 10.0 Å². The quantitative estimate of drug-likeness (QED) is 0.267. The van der Waals surface area contributed by atoms with Crippen molar-refractivity contribution in [1.82, 2.24) is 14.1 Å². The lowest BCUT2D eigenvalue weighted by Gasteiger charge is -2.22. The van der Waals surface area contributed by atoms with Gasteiger partial charge in [-0.05, 0) is 47.9 Å². The summed E-state index contributed by atoms with van der Waals surface area (Å²) in [7, 11) is -1.70. The van der Waals surface area contributed by atoms with Gasteiger partial charge in [-0.2, -0.15) is 0 Å². The van der Waals surface area contributed by atoms with Crippen LogP contribution in [0.15, 0.2) is 108 Å². The third-order valence-corrected chi connectivity index (χ3v) is 8.49. The standard InChI is InChI=1S/C31H28N4O3S/c1-3-39(37,38)33-27-18-23(26-20-34(2)30-24(26)14-16-32-31(30)36)19-28-25(27)15-17-35(28)29(21-10-6-4-7-11-21)22-12-8-5-9-13-22/h4-20,29,33H,3H2,1-2H3,(H,32,36). The number of aromatic amines is 1. The summed E-state index contributed by atoms with van der Waals surface area (Å²) in [4.78, 5) is 15.3. The number of nitrogens with one attached hydrogen (secondary N) is 2. The number of fused-ring (bicyclic) bond motifs is 2. The minimum atomic E-state index is -3.54. The van der Waals surface area contributed by atoms with Crippen LogP contribution in [0.1, 0.15) is 24.1 Å². The highest BCUT2D eigenvalue weighted by atomic mass is 32.2. The van der Waals surface area contributed by atoms with Crippen molar-refractivity contribution in [2.24, 2.45) is 7.05 Å². The number of anilines is 1. The highest BCUT2D eigenvalue weighted by molar-refractivity contribution is 7.92. The first-order valence-corrected chi connectivity index (χ1v) is 14.4. The summed E-state index contributed by atoms with van der Waals surface area (Å²) in [6, 6.07) is 28.1. The molecule has 6 rings (SSSR count). The normalized spacial score (nSPS) is 12.0. The van der Waals surface area contributed by atoms with E-state index in [1.807, 2.05) is 74.0 Å². The molecule has 0 fully saturated rings. The molecule has 0 unspecified atom stereocenters. The predicted octanol–water partition coefficient (Wildman–Crippen LogP) is 5.89.